The van der Waals surface area contributed by atoms with Crippen molar-refractivity contribution in [2.24, 2.45) is 5.92 Å². The maximum Gasteiger partial charge on any atom is 0.272 e. The van der Waals surface area contributed by atoms with Gasteiger partial charge < -0.3 is 10.2 Å². The van der Waals surface area contributed by atoms with Crippen molar-refractivity contribution in [2.45, 2.75) is 39.5 Å². The summed E-state index contributed by atoms with van der Waals surface area (Å²) >= 11 is 0. The molecule has 0 aromatic carbocycles. The molecule has 110 valence electrons. The van der Waals surface area contributed by atoms with Gasteiger partial charge in [-0.1, -0.05) is 26.7 Å². The second-order valence-electron chi connectivity index (χ2n) is 5.77. The molecule has 1 aromatic heterocycles. The average Bonchev–Trinajstić information content (AvgIpc) is 2.73. The third-order valence-electron chi connectivity index (χ3n) is 3.47. The Morgan fingerprint density at radius 3 is 2.60 bits per heavy atom. The topological polar surface area (TPSA) is 58.1 Å². The number of rotatable bonds is 4. The van der Waals surface area contributed by atoms with Crippen molar-refractivity contribution >= 4 is 11.7 Å². The van der Waals surface area contributed by atoms with E-state index < -0.39 is 0 Å². The van der Waals surface area contributed by atoms with E-state index in [4.69, 9.17) is 0 Å². The highest BCUT2D eigenvalue weighted by atomic mass is 16.2. The highest BCUT2D eigenvalue weighted by Crippen LogP contribution is 2.13. The predicted molar refractivity (Wildman–Crippen MR) is 79.7 cm³/mol. The number of nitrogens with zero attached hydrogens (tertiary/aromatic N) is 3. The van der Waals surface area contributed by atoms with Gasteiger partial charge in [0.15, 0.2) is 0 Å². The molecule has 1 aliphatic rings. The van der Waals surface area contributed by atoms with Crippen LogP contribution in [0.25, 0.3) is 0 Å². The van der Waals surface area contributed by atoms with Crippen LogP contribution >= 0.6 is 0 Å². The molecule has 0 unspecified atom stereocenters. The highest BCUT2D eigenvalue weighted by Gasteiger charge is 2.18. The van der Waals surface area contributed by atoms with Gasteiger partial charge in [0.05, 0.1) is 0 Å². The molecule has 0 saturated carbocycles. The van der Waals surface area contributed by atoms with Crippen LogP contribution < -0.4 is 5.32 Å². The third-order valence-corrected chi connectivity index (χ3v) is 3.47. The summed E-state index contributed by atoms with van der Waals surface area (Å²) in [4.78, 5) is 22.7. The Morgan fingerprint density at radius 2 is 1.95 bits per heavy atom. The van der Waals surface area contributed by atoms with Crippen molar-refractivity contribution in [1.82, 2.24) is 14.9 Å². The quantitative estimate of drug-likeness (QED) is 0.918. The molecule has 2 rings (SSSR count). The Morgan fingerprint density at radius 1 is 1.25 bits per heavy atom. The number of nitrogens with one attached hydrogen (secondary N) is 1. The number of amides is 1. The van der Waals surface area contributed by atoms with Crippen LogP contribution in [0, 0.1) is 5.92 Å². The van der Waals surface area contributed by atoms with Crippen LogP contribution in [0.15, 0.2) is 12.4 Å². The number of aromatic nitrogens is 2. The average molecular weight is 276 g/mol. The number of hydrogen-bond donors (Lipinski definition) is 1. The molecule has 0 radical (unpaired) electrons. The zero-order valence-electron chi connectivity index (χ0n) is 12.4. The fourth-order valence-electron chi connectivity index (χ4n) is 2.32. The molecule has 0 bridgehead atoms. The molecule has 1 aliphatic heterocycles. The van der Waals surface area contributed by atoms with Gasteiger partial charge in [0.1, 0.15) is 17.8 Å². The van der Waals surface area contributed by atoms with E-state index >= 15 is 0 Å². The van der Waals surface area contributed by atoms with Crippen molar-refractivity contribution < 1.29 is 4.79 Å². The minimum atomic E-state index is 0.0295. The van der Waals surface area contributed by atoms with Gasteiger partial charge in [-0.2, -0.15) is 0 Å². The normalized spacial score (nSPS) is 16.1. The summed E-state index contributed by atoms with van der Waals surface area (Å²) in [5.74, 6) is 1.29. The Bertz CT molecular complexity index is 439. The number of anilines is 1. The predicted octanol–water partition coefficient (Wildman–Crippen LogP) is 2.56. The summed E-state index contributed by atoms with van der Waals surface area (Å²) in [5, 5.41) is 3.23. The zero-order chi connectivity index (χ0) is 14.4. The van der Waals surface area contributed by atoms with Gasteiger partial charge in [0.25, 0.3) is 5.91 Å². The second kappa shape index (κ2) is 7.22. The summed E-state index contributed by atoms with van der Waals surface area (Å²) in [5.41, 5.74) is 0.494. The lowest BCUT2D eigenvalue weighted by Gasteiger charge is -2.19. The summed E-state index contributed by atoms with van der Waals surface area (Å²) in [6.45, 7) is 6.80. The third kappa shape index (κ3) is 4.18. The van der Waals surface area contributed by atoms with E-state index in [1.54, 1.807) is 6.07 Å². The molecular weight excluding hydrogens is 252 g/mol. The van der Waals surface area contributed by atoms with Gasteiger partial charge in [-0.25, -0.2) is 9.97 Å². The number of hydrogen-bond acceptors (Lipinski definition) is 4. The van der Waals surface area contributed by atoms with Crippen molar-refractivity contribution in [3.05, 3.63) is 18.1 Å². The van der Waals surface area contributed by atoms with Crippen LogP contribution in [-0.2, 0) is 0 Å². The van der Waals surface area contributed by atoms with E-state index in [1.165, 1.54) is 19.2 Å². The van der Waals surface area contributed by atoms with E-state index in [0.717, 1.165) is 38.3 Å². The van der Waals surface area contributed by atoms with Gasteiger partial charge in [-0.05, 0) is 18.8 Å². The first-order valence-electron chi connectivity index (χ1n) is 7.52. The monoisotopic (exact) mass is 276 g/mol. The maximum absolute atomic E-state index is 12.5. The van der Waals surface area contributed by atoms with Crippen molar-refractivity contribution in [3.8, 4) is 0 Å². The summed E-state index contributed by atoms with van der Waals surface area (Å²) < 4.78 is 0. The SMILES string of the molecule is CC(C)CNc1cc(C(=O)N2CCCCCC2)ncn1. The molecule has 0 spiro atoms. The molecule has 20 heavy (non-hydrogen) atoms. The van der Waals surface area contributed by atoms with Crippen LogP contribution in [0.1, 0.15) is 50.0 Å². The number of carbonyl (C=O) groups is 1. The largest absolute Gasteiger partial charge is 0.370 e. The molecule has 0 atom stereocenters. The van der Waals surface area contributed by atoms with Crippen molar-refractivity contribution in [2.75, 3.05) is 25.0 Å². The minimum Gasteiger partial charge on any atom is -0.370 e. The molecule has 5 nitrogen and oxygen atoms in total. The fourth-order valence-corrected chi connectivity index (χ4v) is 2.32. The fraction of sp³-hybridized carbons (Fsp3) is 0.667. The smallest absolute Gasteiger partial charge is 0.272 e. The van der Waals surface area contributed by atoms with Gasteiger partial charge in [-0.15, -0.1) is 0 Å². The van der Waals surface area contributed by atoms with Gasteiger partial charge in [-0.3, -0.25) is 4.79 Å². The van der Waals surface area contributed by atoms with E-state index in [0.29, 0.717) is 11.6 Å². The van der Waals surface area contributed by atoms with Gasteiger partial charge >= 0.3 is 0 Å². The van der Waals surface area contributed by atoms with Gasteiger partial charge in [0.2, 0.25) is 0 Å². The van der Waals surface area contributed by atoms with Crippen LogP contribution in [0.4, 0.5) is 5.82 Å². The molecule has 0 aliphatic carbocycles. The number of carbonyl (C=O) groups excluding carboxylic acids is 1. The summed E-state index contributed by atoms with van der Waals surface area (Å²) in [7, 11) is 0. The summed E-state index contributed by atoms with van der Waals surface area (Å²) in [6, 6.07) is 1.76. The van der Waals surface area contributed by atoms with Crippen LogP contribution in [-0.4, -0.2) is 40.4 Å². The van der Waals surface area contributed by atoms with Crippen LogP contribution in [0.5, 0.6) is 0 Å². The standard InChI is InChI=1S/C15H24N4O/c1-12(2)10-16-14-9-13(17-11-18-14)15(20)19-7-5-3-4-6-8-19/h9,11-12H,3-8,10H2,1-2H3,(H,16,17,18). The van der Waals surface area contributed by atoms with E-state index in [-0.39, 0.29) is 5.91 Å². The molecule has 2 heterocycles. The maximum atomic E-state index is 12.5. The lowest BCUT2D eigenvalue weighted by atomic mass is 10.2. The van der Waals surface area contributed by atoms with E-state index in [9.17, 15) is 4.79 Å². The Balaban J connectivity index is 2.03. The minimum absolute atomic E-state index is 0.0295. The molecule has 1 amide bonds. The summed E-state index contributed by atoms with van der Waals surface area (Å²) in [6.07, 6.45) is 6.09. The Labute approximate surface area is 120 Å². The molecule has 1 aromatic rings. The molecule has 5 heteroatoms. The van der Waals surface area contributed by atoms with E-state index in [2.05, 4.69) is 29.1 Å². The highest BCUT2D eigenvalue weighted by molar-refractivity contribution is 5.92. The first-order chi connectivity index (χ1) is 9.66. The first kappa shape index (κ1) is 14.8. The Kier molecular flexibility index (Phi) is 5.32. The van der Waals surface area contributed by atoms with Crippen molar-refractivity contribution in [3.63, 3.8) is 0 Å². The molecular formula is C15H24N4O. The lowest BCUT2D eigenvalue weighted by Crippen LogP contribution is -2.32. The van der Waals surface area contributed by atoms with Crippen molar-refractivity contribution in [1.29, 1.82) is 0 Å². The molecule has 1 fully saturated rings. The molecule has 1 saturated heterocycles. The van der Waals surface area contributed by atoms with E-state index in [1.807, 2.05) is 4.90 Å². The zero-order valence-corrected chi connectivity index (χ0v) is 12.4. The second-order valence-corrected chi connectivity index (χ2v) is 5.77. The number of likely N-dealkylation sites (tertiary alicyclic amines) is 1. The van der Waals surface area contributed by atoms with Crippen LogP contribution in [0.2, 0.25) is 0 Å². The van der Waals surface area contributed by atoms with Crippen LogP contribution in [0.3, 0.4) is 0 Å². The molecule has 1 N–H and O–H groups in total. The Hall–Kier alpha value is -1.65. The first-order valence-corrected chi connectivity index (χ1v) is 7.52. The van der Waals surface area contributed by atoms with Gasteiger partial charge in [0, 0.05) is 25.7 Å². The lowest BCUT2D eigenvalue weighted by molar-refractivity contribution is 0.0755.